The fourth-order valence-electron chi connectivity index (χ4n) is 4.15. The number of aromatic nitrogens is 2. The summed E-state index contributed by atoms with van der Waals surface area (Å²) < 4.78 is 6.40. The summed E-state index contributed by atoms with van der Waals surface area (Å²) >= 11 is 9.36. The molecule has 4 rings (SSSR count). The van der Waals surface area contributed by atoms with E-state index in [-0.39, 0.29) is 23.2 Å². The van der Waals surface area contributed by atoms with Crippen molar-refractivity contribution in [2.24, 2.45) is 0 Å². The van der Waals surface area contributed by atoms with Crippen molar-refractivity contribution in [3.8, 4) is 28.3 Å². The largest absolute Gasteiger partial charge is 0.477 e. The first-order valence-electron chi connectivity index (χ1n) is 11.7. The summed E-state index contributed by atoms with van der Waals surface area (Å²) in [7, 11) is 0. The molecule has 2 aromatic carbocycles. The van der Waals surface area contributed by atoms with E-state index >= 15 is 0 Å². The van der Waals surface area contributed by atoms with Crippen LogP contribution in [0.1, 0.15) is 45.7 Å². The van der Waals surface area contributed by atoms with E-state index in [0.717, 1.165) is 10.0 Å². The molecule has 0 amide bonds. The van der Waals surface area contributed by atoms with E-state index < -0.39 is 34.4 Å². The van der Waals surface area contributed by atoms with Crippen LogP contribution in [-0.4, -0.2) is 27.0 Å². The Morgan fingerprint density at radius 2 is 1.47 bits per heavy atom. The molecule has 0 aliphatic carbocycles. The minimum Gasteiger partial charge on any atom is -0.477 e. The first-order chi connectivity index (χ1) is 18.1. The molecule has 0 aliphatic rings. The number of ether oxygens (including phenoxy) is 1. The number of halogens is 2. The lowest BCUT2D eigenvalue weighted by Crippen LogP contribution is -2.27. The van der Waals surface area contributed by atoms with Gasteiger partial charge in [-0.25, -0.2) is 9.59 Å². The summed E-state index contributed by atoms with van der Waals surface area (Å²) in [4.78, 5) is 56.4. The Hall–Kier alpha value is -3.95. The van der Waals surface area contributed by atoms with E-state index in [4.69, 9.17) is 16.3 Å². The smallest absolute Gasteiger partial charge is 0.349 e. The Morgan fingerprint density at radius 1 is 0.895 bits per heavy atom. The standard InChI is InChI=1S/C28H22BrClN2O6/c1-3-14-13-20(25(33)31-22(14)15-5-9-17(29)10-6-15)28(37)38-24-19(4-2)23(16-7-11-18(30)12-8-16)32-26(34)21(24)27(35)36/h5-13H,3-4H2,1-2H3,(H,31,33)(H,32,34)(H,35,36). The maximum absolute atomic E-state index is 13.3. The van der Waals surface area contributed by atoms with E-state index in [1.807, 2.05) is 31.2 Å². The first kappa shape index (κ1) is 27.1. The number of carbonyl (C=O) groups is 2. The molecule has 0 saturated carbocycles. The number of nitrogens with one attached hydrogen (secondary N) is 2. The summed E-state index contributed by atoms with van der Waals surface area (Å²) in [6, 6.07) is 15.3. The van der Waals surface area contributed by atoms with E-state index in [2.05, 4.69) is 25.9 Å². The molecule has 4 aromatic rings. The second kappa shape index (κ2) is 11.2. The van der Waals surface area contributed by atoms with Gasteiger partial charge < -0.3 is 19.8 Å². The number of H-pyrrole nitrogens is 2. The van der Waals surface area contributed by atoms with Gasteiger partial charge in [-0.05, 0) is 59.9 Å². The summed E-state index contributed by atoms with van der Waals surface area (Å²) in [6.07, 6.45) is 0.714. The van der Waals surface area contributed by atoms with Gasteiger partial charge in [0.05, 0.1) is 11.4 Å². The van der Waals surface area contributed by atoms with Crippen LogP contribution in [0.4, 0.5) is 0 Å². The van der Waals surface area contributed by atoms with Crippen molar-refractivity contribution in [3.05, 3.63) is 107 Å². The van der Waals surface area contributed by atoms with Gasteiger partial charge in [0, 0.05) is 15.1 Å². The molecule has 194 valence electrons. The highest BCUT2D eigenvalue weighted by molar-refractivity contribution is 9.10. The monoisotopic (exact) mass is 596 g/mol. The highest BCUT2D eigenvalue weighted by atomic mass is 79.9. The zero-order valence-electron chi connectivity index (χ0n) is 20.4. The Kier molecular flexibility index (Phi) is 7.99. The SMILES string of the molecule is CCc1cc(C(=O)Oc2c(CC)c(-c3ccc(Cl)cc3)[nH]c(=O)c2C(=O)O)c(=O)[nH]c1-c1ccc(Br)cc1. The average Bonchev–Trinajstić information content (AvgIpc) is 2.89. The minimum atomic E-state index is -1.57. The predicted molar refractivity (Wildman–Crippen MR) is 148 cm³/mol. The van der Waals surface area contributed by atoms with Gasteiger partial charge in [-0.2, -0.15) is 0 Å². The van der Waals surface area contributed by atoms with E-state index in [1.54, 1.807) is 31.2 Å². The second-order valence-corrected chi connectivity index (χ2v) is 9.69. The average molecular weight is 598 g/mol. The molecule has 0 radical (unpaired) electrons. The van der Waals surface area contributed by atoms with Crippen molar-refractivity contribution in [2.75, 3.05) is 0 Å². The zero-order chi connectivity index (χ0) is 27.6. The molecular weight excluding hydrogens is 576 g/mol. The molecule has 0 fully saturated rings. The summed E-state index contributed by atoms with van der Waals surface area (Å²) in [5.74, 6) is -3.05. The van der Waals surface area contributed by atoms with Crippen molar-refractivity contribution in [1.29, 1.82) is 0 Å². The van der Waals surface area contributed by atoms with E-state index in [0.29, 0.717) is 28.3 Å². The molecule has 0 spiro atoms. The van der Waals surface area contributed by atoms with Gasteiger partial charge in [0.25, 0.3) is 11.1 Å². The van der Waals surface area contributed by atoms with Crippen LogP contribution in [0.15, 0.2) is 68.7 Å². The van der Waals surface area contributed by atoms with Crippen molar-refractivity contribution >= 4 is 39.5 Å². The number of hydrogen-bond donors (Lipinski definition) is 3. The molecule has 2 aromatic heterocycles. The number of benzene rings is 2. The third kappa shape index (κ3) is 5.34. The molecule has 8 nitrogen and oxygen atoms in total. The third-order valence-electron chi connectivity index (χ3n) is 6.02. The van der Waals surface area contributed by atoms with Crippen LogP contribution in [0.5, 0.6) is 5.75 Å². The Morgan fingerprint density at radius 3 is 2.05 bits per heavy atom. The molecule has 2 heterocycles. The van der Waals surface area contributed by atoms with E-state index in [9.17, 15) is 24.3 Å². The number of aromatic carboxylic acids is 1. The maximum atomic E-state index is 13.3. The first-order valence-corrected chi connectivity index (χ1v) is 12.8. The molecule has 0 unspecified atom stereocenters. The summed E-state index contributed by atoms with van der Waals surface area (Å²) in [5, 5.41) is 10.2. The minimum absolute atomic E-state index is 0.219. The maximum Gasteiger partial charge on any atom is 0.349 e. The molecule has 38 heavy (non-hydrogen) atoms. The van der Waals surface area contributed by atoms with Crippen molar-refractivity contribution < 1.29 is 19.4 Å². The number of carbonyl (C=O) groups excluding carboxylic acids is 1. The van der Waals surface area contributed by atoms with Crippen LogP contribution >= 0.6 is 27.5 Å². The van der Waals surface area contributed by atoms with Crippen molar-refractivity contribution in [3.63, 3.8) is 0 Å². The number of esters is 1. The molecular formula is C28H22BrClN2O6. The zero-order valence-corrected chi connectivity index (χ0v) is 22.7. The molecule has 0 bridgehead atoms. The van der Waals surface area contributed by atoms with Crippen LogP contribution < -0.4 is 15.9 Å². The number of carboxylic acid groups (broad SMARTS) is 1. The molecule has 3 N–H and O–H groups in total. The molecule has 0 saturated heterocycles. The lowest BCUT2D eigenvalue weighted by atomic mass is 10.00. The van der Waals surface area contributed by atoms with Gasteiger partial charge in [-0.3, -0.25) is 9.59 Å². The van der Waals surface area contributed by atoms with E-state index in [1.165, 1.54) is 6.07 Å². The van der Waals surface area contributed by atoms with Crippen LogP contribution in [0, 0.1) is 0 Å². The number of carboxylic acids is 1. The van der Waals surface area contributed by atoms with Gasteiger partial charge in [-0.15, -0.1) is 0 Å². The number of aromatic amines is 2. The fourth-order valence-corrected chi connectivity index (χ4v) is 4.54. The van der Waals surface area contributed by atoms with Gasteiger partial charge in [-0.1, -0.05) is 65.6 Å². The van der Waals surface area contributed by atoms with Crippen molar-refractivity contribution in [2.45, 2.75) is 26.7 Å². The third-order valence-corrected chi connectivity index (χ3v) is 6.80. The second-order valence-electron chi connectivity index (χ2n) is 8.34. The van der Waals surface area contributed by atoms with Gasteiger partial charge in [0.15, 0.2) is 11.3 Å². The number of rotatable bonds is 7. The highest BCUT2D eigenvalue weighted by Crippen LogP contribution is 2.32. The van der Waals surface area contributed by atoms with Gasteiger partial charge in [0.1, 0.15) is 5.56 Å². The molecule has 10 heteroatoms. The lowest BCUT2D eigenvalue weighted by molar-refractivity contribution is 0.0678. The Bertz CT molecular complexity index is 1660. The highest BCUT2D eigenvalue weighted by Gasteiger charge is 2.27. The Labute approximate surface area is 230 Å². The lowest BCUT2D eigenvalue weighted by Gasteiger charge is -2.16. The quantitative estimate of drug-likeness (QED) is 0.229. The number of pyridine rings is 2. The number of aryl methyl sites for hydroxylation is 1. The van der Waals surface area contributed by atoms with Gasteiger partial charge in [0.2, 0.25) is 0 Å². The van der Waals surface area contributed by atoms with Crippen LogP contribution in [0.25, 0.3) is 22.5 Å². The number of hydrogen-bond acceptors (Lipinski definition) is 5. The Balaban J connectivity index is 1.84. The van der Waals surface area contributed by atoms with Gasteiger partial charge >= 0.3 is 11.9 Å². The van der Waals surface area contributed by atoms with Crippen LogP contribution in [0.2, 0.25) is 5.02 Å². The summed E-state index contributed by atoms with van der Waals surface area (Å²) in [6.45, 7) is 3.60. The van der Waals surface area contributed by atoms with Crippen LogP contribution in [-0.2, 0) is 12.8 Å². The molecule has 0 atom stereocenters. The molecule has 0 aliphatic heterocycles. The van der Waals surface area contributed by atoms with Crippen molar-refractivity contribution in [1.82, 2.24) is 9.97 Å². The topological polar surface area (TPSA) is 129 Å². The van der Waals surface area contributed by atoms with Crippen LogP contribution in [0.3, 0.4) is 0 Å². The fraction of sp³-hybridized carbons (Fsp3) is 0.143. The predicted octanol–water partition coefficient (Wildman–Crippen LogP) is 5.86. The summed E-state index contributed by atoms with van der Waals surface area (Å²) in [5.41, 5.74) is 0.421. The normalized spacial score (nSPS) is 10.8.